The van der Waals surface area contributed by atoms with E-state index in [2.05, 4.69) is 20.6 Å². The molecule has 0 bridgehead atoms. The number of benzene rings is 2. The van der Waals surface area contributed by atoms with Gasteiger partial charge < -0.3 is 5.32 Å². The summed E-state index contributed by atoms with van der Waals surface area (Å²) in [7, 11) is 0. The fourth-order valence-electron chi connectivity index (χ4n) is 2.78. The zero-order chi connectivity index (χ0) is 20.5. The molecule has 10 heteroatoms. The van der Waals surface area contributed by atoms with Crippen LogP contribution >= 0.6 is 11.3 Å². The van der Waals surface area contributed by atoms with Gasteiger partial charge in [0.1, 0.15) is 12.1 Å². The summed E-state index contributed by atoms with van der Waals surface area (Å²) in [6, 6.07) is 10.2. The van der Waals surface area contributed by atoms with Crippen molar-refractivity contribution in [2.24, 2.45) is 0 Å². The largest absolute Gasteiger partial charge is 0.300 e. The number of rotatable bonds is 4. The molecular weight excluding hydrogens is 400 g/mol. The van der Waals surface area contributed by atoms with Crippen molar-refractivity contribution in [2.75, 3.05) is 5.32 Å². The highest BCUT2D eigenvalue weighted by Gasteiger charge is 2.15. The summed E-state index contributed by atoms with van der Waals surface area (Å²) in [5.41, 5.74) is 0.853. The van der Waals surface area contributed by atoms with Crippen molar-refractivity contribution in [2.45, 2.75) is 13.5 Å². The van der Waals surface area contributed by atoms with E-state index in [0.717, 1.165) is 16.8 Å². The van der Waals surface area contributed by atoms with E-state index in [1.807, 2.05) is 0 Å². The quantitative estimate of drug-likeness (QED) is 0.555. The van der Waals surface area contributed by atoms with E-state index in [9.17, 15) is 18.4 Å². The fourth-order valence-corrected chi connectivity index (χ4v) is 3.63. The number of fused-ring (bicyclic) bond motifs is 1. The van der Waals surface area contributed by atoms with Crippen LogP contribution in [0.4, 0.5) is 13.9 Å². The maximum atomic E-state index is 13.5. The molecule has 4 aromatic rings. The van der Waals surface area contributed by atoms with Gasteiger partial charge in [0.25, 0.3) is 5.56 Å². The molecule has 4 rings (SSSR count). The van der Waals surface area contributed by atoms with Crippen molar-refractivity contribution < 1.29 is 13.6 Å². The summed E-state index contributed by atoms with van der Waals surface area (Å²) in [6.45, 7) is 1.42. The summed E-state index contributed by atoms with van der Waals surface area (Å²) in [5.74, 6) is -2.44. The molecule has 0 atom stereocenters. The second-order valence-electron chi connectivity index (χ2n) is 6.17. The number of aromatic nitrogens is 4. The van der Waals surface area contributed by atoms with Gasteiger partial charge in [0.15, 0.2) is 16.8 Å². The summed E-state index contributed by atoms with van der Waals surface area (Å²) in [6.07, 6.45) is 0. The second-order valence-corrected chi connectivity index (χ2v) is 7.37. The molecule has 146 valence electrons. The van der Waals surface area contributed by atoms with E-state index in [1.54, 1.807) is 31.2 Å². The van der Waals surface area contributed by atoms with Gasteiger partial charge in [-0.2, -0.15) is 0 Å². The molecule has 2 heterocycles. The topological polar surface area (TPSA) is 89.8 Å². The van der Waals surface area contributed by atoms with E-state index in [4.69, 9.17) is 0 Å². The van der Waals surface area contributed by atoms with Crippen LogP contribution in [0.3, 0.4) is 0 Å². The first-order valence-electron chi connectivity index (χ1n) is 8.47. The van der Waals surface area contributed by atoms with E-state index in [1.165, 1.54) is 17.4 Å². The maximum Gasteiger partial charge on any atom is 0.278 e. The number of anilines is 1. The predicted octanol–water partition coefficient (Wildman–Crippen LogP) is 3.14. The van der Waals surface area contributed by atoms with Crippen molar-refractivity contribution >= 4 is 33.3 Å². The normalized spacial score (nSPS) is 11.0. The highest BCUT2D eigenvalue weighted by Crippen LogP contribution is 2.31. The molecule has 0 spiro atoms. The number of hydrogen-bond donors (Lipinski definition) is 1. The Morgan fingerprint density at radius 3 is 2.76 bits per heavy atom. The molecule has 0 fully saturated rings. The van der Waals surface area contributed by atoms with Crippen molar-refractivity contribution in [3.63, 3.8) is 0 Å². The zero-order valence-electron chi connectivity index (χ0n) is 15.0. The molecule has 0 unspecified atom stereocenters. The van der Waals surface area contributed by atoms with Gasteiger partial charge in [-0.3, -0.25) is 9.59 Å². The van der Waals surface area contributed by atoms with E-state index in [-0.39, 0.29) is 11.7 Å². The van der Waals surface area contributed by atoms with Crippen LogP contribution in [0.15, 0.2) is 47.3 Å². The van der Waals surface area contributed by atoms with Gasteiger partial charge in [-0.1, -0.05) is 17.3 Å². The van der Waals surface area contributed by atoms with Crippen LogP contribution in [0.5, 0.6) is 0 Å². The van der Waals surface area contributed by atoms with Gasteiger partial charge in [0.05, 0.1) is 11.1 Å². The van der Waals surface area contributed by atoms with Gasteiger partial charge >= 0.3 is 0 Å². The molecule has 29 heavy (non-hydrogen) atoms. The third-order valence-corrected chi connectivity index (χ3v) is 5.04. The predicted molar refractivity (Wildman–Crippen MR) is 105 cm³/mol. The average Bonchev–Trinajstić information content (AvgIpc) is 3.06. The Morgan fingerprint density at radius 2 is 1.97 bits per heavy atom. The van der Waals surface area contributed by atoms with Crippen LogP contribution < -0.4 is 10.9 Å². The van der Waals surface area contributed by atoms with Crippen LogP contribution in [0.1, 0.15) is 4.88 Å². The van der Waals surface area contributed by atoms with Crippen molar-refractivity contribution in [3.05, 3.63) is 69.3 Å². The number of carbonyl (C=O) groups is 1. The molecule has 0 saturated heterocycles. The summed E-state index contributed by atoms with van der Waals surface area (Å²) in [5, 5.41) is 10.9. The molecule has 2 aromatic carbocycles. The highest BCUT2D eigenvalue weighted by molar-refractivity contribution is 7.16. The van der Waals surface area contributed by atoms with Crippen LogP contribution in [0.2, 0.25) is 0 Å². The minimum Gasteiger partial charge on any atom is -0.300 e. The summed E-state index contributed by atoms with van der Waals surface area (Å²) >= 11 is 1.18. The number of nitrogens with zero attached hydrogens (tertiary/aromatic N) is 4. The van der Waals surface area contributed by atoms with Crippen LogP contribution in [0.25, 0.3) is 22.2 Å². The average molecular weight is 413 g/mol. The monoisotopic (exact) mass is 413 g/mol. The molecule has 0 aliphatic heterocycles. The van der Waals surface area contributed by atoms with Gasteiger partial charge in [-0.25, -0.2) is 18.4 Å². The van der Waals surface area contributed by atoms with Crippen molar-refractivity contribution in [1.82, 2.24) is 20.0 Å². The third-order valence-electron chi connectivity index (χ3n) is 4.16. The Morgan fingerprint density at radius 1 is 1.17 bits per heavy atom. The first-order valence-corrected chi connectivity index (χ1v) is 9.29. The highest BCUT2D eigenvalue weighted by atomic mass is 32.1. The molecule has 0 aliphatic rings. The summed E-state index contributed by atoms with van der Waals surface area (Å²) in [4.78, 5) is 29.8. The van der Waals surface area contributed by atoms with E-state index >= 15 is 0 Å². The molecule has 0 saturated carbocycles. The fraction of sp³-hybridized carbons (Fsp3) is 0.105. The number of hydrogen-bond acceptors (Lipinski definition) is 6. The summed E-state index contributed by atoms with van der Waals surface area (Å²) < 4.78 is 27.6. The Labute approximate surface area is 166 Å². The van der Waals surface area contributed by atoms with Gasteiger partial charge in [0.2, 0.25) is 5.91 Å². The molecule has 1 N–H and O–H groups in total. The molecule has 1 amide bonds. The van der Waals surface area contributed by atoms with Gasteiger partial charge in [-0.05, 0) is 37.3 Å². The Bertz CT molecular complexity index is 1300. The van der Waals surface area contributed by atoms with Crippen molar-refractivity contribution in [1.29, 1.82) is 0 Å². The smallest absolute Gasteiger partial charge is 0.278 e. The lowest BCUT2D eigenvalue weighted by atomic mass is 10.1. The first kappa shape index (κ1) is 18.8. The van der Waals surface area contributed by atoms with Crippen molar-refractivity contribution in [3.8, 4) is 11.3 Å². The molecular formula is C19H13F2N5O2S. The lowest BCUT2D eigenvalue weighted by molar-refractivity contribution is -0.117. The zero-order valence-corrected chi connectivity index (χ0v) is 15.8. The minimum absolute atomic E-state index is 0.272. The number of aryl methyl sites for hydroxylation is 1. The SMILES string of the molecule is Cc1sc(NC(=O)Cn2nnc3ccccc3c2=O)nc1-c1ccc(F)c(F)c1. The standard InChI is InChI=1S/C19H13F2N5O2S/c1-10-17(11-6-7-13(20)14(21)8-11)23-19(29-10)22-16(27)9-26-18(28)12-4-2-3-5-15(12)24-25-26/h2-8H,9H2,1H3,(H,22,23,27). The number of thiazole rings is 1. The van der Waals surface area contributed by atoms with Crippen LogP contribution in [-0.4, -0.2) is 25.9 Å². The number of carbonyl (C=O) groups excluding carboxylic acids is 1. The lowest BCUT2D eigenvalue weighted by Gasteiger charge is -2.04. The van der Waals surface area contributed by atoms with Crippen LogP contribution in [-0.2, 0) is 11.3 Å². The lowest BCUT2D eigenvalue weighted by Crippen LogP contribution is -2.30. The maximum absolute atomic E-state index is 13.5. The number of amides is 1. The van der Waals surface area contributed by atoms with Crippen LogP contribution in [0, 0.1) is 18.6 Å². The Kier molecular flexibility index (Phi) is 4.85. The second kappa shape index (κ2) is 7.47. The third kappa shape index (κ3) is 3.74. The Balaban J connectivity index is 1.54. The molecule has 2 aromatic heterocycles. The molecule has 0 radical (unpaired) electrons. The van der Waals surface area contributed by atoms with Gasteiger partial charge in [-0.15, -0.1) is 16.4 Å². The minimum atomic E-state index is -0.977. The first-order chi connectivity index (χ1) is 13.9. The number of nitrogens with one attached hydrogen (secondary N) is 1. The van der Waals surface area contributed by atoms with Gasteiger partial charge in [0, 0.05) is 10.4 Å². The van der Waals surface area contributed by atoms with E-state index < -0.39 is 23.1 Å². The Hall–Kier alpha value is -3.53. The molecule has 0 aliphatic carbocycles. The van der Waals surface area contributed by atoms with E-state index in [0.29, 0.717) is 27.0 Å². The molecule has 7 nitrogen and oxygen atoms in total. The number of halogens is 2.